The maximum absolute atomic E-state index is 13.1. The number of carboxylic acids is 1. The molecule has 3 N–H and O–H groups in total. The van der Waals surface area contributed by atoms with Crippen molar-refractivity contribution in [3.05, 3.63) is 93.2 Å². The van der Waals surface area contributed by atoms with Gasteiger partial charge in [-0.05, 0) is 72.1 Å². The highest BCUT2D eigenvalue weighted by atomic mass is 35.5. The smallest absolute Gasteiger partial charge is 0.326 e. The van der Waals surface area contributed by atoms with E-state index in [1.54, 1.807) is 30.9 Å². The van der Waals surface area contributed by atoms with E-state index in [-0.39, 0.29) is 32.7 Å². The Morgan fingerprint density at radius 2 is 1.66 bits per heavy atom. The van der Waals surface area contributed by atoms with Crippen molar-refractivity contribution in [3.63, 3.8) is 0 Å². The summed E-state index contributed by atoms with van der Waals surface area (Å²) in [5, 5.41) is 21.9. The summed E-state index contributed by atoms with van der Waals surface area (Å²) < 4.78 is 36.7. The molecular formula is C26H24Cl2NO7PS. The number of aliphatic carboxylic acids is 1. The normalized spacial score (nSPS) is 14.1. The van der Waals surface area contributed by atoms with Gasteiger partial charge in [0, 0.05) is 18.0 Å². The summed E-state index contributed by atoms with van der Waals surface area (Å²) in [6, 6.07) is 13.3. The van der Waals surface area contributed by atoms with Gasteiger partial charge in [0.05, 0.1) is 20.5 Å². The van der Waals surface area contributed by atoms with E-state index in [1.807, 2.05) is 0 Å². The van der Waals surface area contributed by atoms with Crippen LogP contribution in [-0.4, -0.2) is 49.5 Å². The molecule has 3 aromatic rings. The van der Waals surface area contributed by atoms with E-state index < -0.39 is 34.9 Å². The van der Waals surface area contributed by atoms with Crippen molar-refractivity contribution in [1.29, 1.82) is 0 Å². The van der Waals surface area contributed by atoms with Gasteiger partial charge in [0.1, 0.15) is 18.9 Å². The van der Waals surface area contributed by atoms with Crippen LogP contribution in [0.1, 0.15) is 21.5 Å². The first-order valence-corrected chi connectivity index (χ1v) is 15.9. The second-order valence-corrected chi connectivity index (χ2v) is 14.3. The van der Waals surface area contributed by atoms with Crippen molar-refractivity contribution in [2.75, 3.05) is 12.9 Å². The Morgan fingerprint density at radius 1 is 1.05 bits per heavy atom. The molecule has 0 aromatic heterocycles. The predicted molar refractivity (Wildman–Crippen MR) is 149 cm³/mol. The number of benzene rings is 3. The van der Waals surface area contributed by atoms with E-state index >= 15 is 0 Å². The van der Waals surface area contributed by atoms with Crippen molar-refractivity contribution >= 4 is 63.4 Å². The van der Waals surface area contributed by atoms with Gasteiger partial charge in [-0.3, -0.25) is 4.79 Å². The number of aromatic hydroxyl groups is 1. The molecule has 0 heterocycles. The lowest BCUT2D eigenvalue weighted by Crippen LogP contribution is -2.42. The maximum atomic E-state index is 13.1. The van der Waals surface area contributed by atoms with Crippen molar-refractivity contribution in [1.82, 2.24) is 5.32 Å². The van der Waals surface area contributed by atoms with Gasteiger partial charge in [-0.15, -0.1) is 0 Å². The Kier molecular flexibility index (Phi) is 9.10. The number of nitrogens with one attached hydrogen (secondary N) is 1. The fourth-order valence-electron chi connectivity index (χ4n) is 3.54. The summed E-state index contributed by atoms with van der Waals surface area (Å²) >= 11 is 12.6. The highest BCUT2D eigenvalue weighted by molar-refractivity contribution is 7.90. The molecule has 0 aliphatic rings. The number of amides is 1. The molecule has 1 unspecified atom stereocenters. The lowest BCUT2D eigenvalue weighted by molar-refractivity contribution is -0.139. The number of halogens is 2. The summed E-state index contributed by atoms with van der Waals surface area (Å²) in [5.41, 5.74) is 0.723. The Morgan fingerprint density at radius 3 is 2.21 bits per heavy atom. The molecule has 1 amide bonds. The zero-order chi connectivity index (χ0) is 28.3. The number of phenolic OH excluding ortho intramolecular Hbond substituents is 1. The molecule has 0 fully saturated rings. The van der Waals surface area contributed by atoms with Crippen LogP contribution in [0.5, 0.6) is 5.75 Å². The Bertz CT molecular complexity index is 1550. The summed E-state index contributed by atoms with van der Waals surface area (Å²) in [6.45, 7) is 1.55. The van der Waals surface area contributed by atoms with Crippen LogP contribution in [0.3, 0.4) is 0 Å². The first-order valence-electron chi connectivity index (χ1n) is 11.0. The molecule has 3 rings (SSSR count). The zero-order valence-electron chi connectivity index (χ0n) is 20.3. The minimum absolute atomic E-state index is 0.0298. The topological polar surface area (TPSA) is 138 Å². The number of hydrogen-bond donors (Lipinski definition) is 3. The lowest BCUT2D eigenvalue weighted by Gasteiger charge is -2.16. The first-order chi connectivity index (χ1) is 17.7. The molecule has 3 aromatic carbocycles. The molecular weight excluding hydrogens is 572 g/mol. The van der Waals surface area contributed by atoms with Gasteiger partial charge < -0.3 is 20.1 Å². The average Bonchev–Trinajstić information content (AvgIpc) is 2.82. The van der Waals surface area contributed by atoms with Crippen LogP contribution in [0.25, 0.3) is 6.08 Å². The molecule has 0 spiro atoms. The number of carboxylic acid groups (broad SMARTS) is 1. The van der Waals surface area contributed by atoms with E-state index in [9.17, 15) is 32.8 Å². The fourth-order valence-corrected chi connectivity index (χ4v) is 6.27. The van der Waals surface area contributed by atoms with Gasteiger partial charge >= 0.3 is 5.97 Å². The Labute approximate surface area is 230 Å². The lowest BCUT2D eigenvalue weighted by atomic mass is 10.0. The maximum Gasteiger partial charge on any atom is 0.326 e. The van der Waals surface area contributed by atoms with Crippen LogP contribution in [0.15, 0.2) is 71.4 Å². The largest absolute Gasteiger partial charge is 0.508 e. The molecule has 2 atom stereocenters. The van der Waals surface area contributed by atoms with Crippen LogP contribution < -0.4 is 10.6 Å². The zero-order valence-corrected chi connectivity index (χ0v) is 23.5. The summed E-state index contributed by atoms with van der Waals surface area (Å²) in [7, 11) is -6.43. The molecule has 0 aliphatic heterocycles. The standard InChI is InChI=1S/C26H24Cl2NO7PS/c1-37(34,19-8-6-18(30)7-9-19)11-10-17-13-21(27)24(22(28)14-17)25(31)29-23(26(32)33)15-16-4-3-5-20(12-16)38(2,35)36/h3-14,23,30H,15H2,1-2H3,(H,29,31)(H,32,33)/b11-10+/t23-,37?/m0/s1. The molecule has 8 nitrogen and oxygen atoms in total. The van der Waals surface area contributed by atoms with E-state index in [4.69, 9.17) is 23.2 Å². The SMILES string of the molecule is CP(=O)(/C=C/c1cc(Cl)c(C(=O)N[C@@H](Cc2cccc(S(C)(=O)=O)c2)C(=O)O)c(Cl)c1)c1ccc(O)cc1. The number of rotatable bonds is 9. The second-order valence-electron chi connectivity index (χ2n) is 8.67. The first kappa shape index (κ1) is 29.5. The molecule has 0 bridgehead atoms. The molecule has 12 heteroatoms. The summed E-state index contributed by atoms with van der Waals surface area (Å²) in [4.78, 5) is 24.8. The second kappa shape index (κ2) is 11.7. The highest BCUT2D eigenvalue weighted by Crippen LogP contribution is 2.43. The minimum atomic E-state index is -3.50. The van der Waals surface area contributed by atoms with Crippen LogP contribution >= 0.6 is 30.3 Å². The average molecular weight is 596 g/mol. The molecule has 0 saturated carbocycles. The van der Waals surface area contributed by atoms with E-state index in [0.717, 1.165) is 6.26 Å². The molecule has 38 heavy (non-hydrogen) atoms. The van der Waals surface area contributed by atoms with Gasteiger partial charge in [-0.25, -0.2) is 13.2 Å². The van der Waals surface area contributed by atoms with Gasteiger partial charge in [0.15, 0.2) is 9.84 Å². The van der Waals surface area contributed by atoms with E-state index in [1.165, 1.54) is 48.3 Å². The van der Waals surface area contributed by atoms with Gasteiger partial charge in [-0.2, -0.15) is 0 Å². The third-order valence-corrected chi connectivity index (χ3v) is 9.32. The van der Waals surface area contributed by atoms with Crippen molar-refractivity contribution in [3.8, 4) is 5.75 Å². The summed E-state index contributed by atoms with van der Waals surface area (Å²) in [6.07, 6.45) is 2.41. The van der Waals surface area contributed by atoms with Crippen molar-refractivity contribution < 1.29 is 32.8 Å². The van der Waals surface area contributed by atoms with Crippen LogP contribution in [0, 0.1) is 0 Å². The van der Waals surface area contributed by atoms with Crippen LogP contribution in [-0.2, 0) is 25.6 Å². The van der Waals surface area contributed by atoms with E-state index in [0.29, 0.717) is 16.4 Å². The quantitative estimate of drug-likeness (QED) is 0.301. The monoisotopic (exact) mass is 595 g/mol. The molecule has 0 radical (unpaired) electrons. The Balaban J connectivity index is 1.81. The summed E-state index contributed by atoms with van der Waals surface area (Å²) in [5.74, 6) is -0.611. The molecule has 200 valence electrons. The van der Waals surface area contributed by atoms with Crippen LogP contribution in [0.4, 0.5) is 0 Å². The third kappa shape index (κ3) is 7.48. The third-order valence-electron chi connectivity index (χ3n) is 5.58. The fraction of sp³-hybridized carbons (Fsp3) is 0.154. The minimum Gasteiger partial charge on any atom is -0.508 e. The molecule has 0 aliphatic carbocycles. The van der Waals surface area contributed by atoms with Crippen LogP contribution in [0.2, 0.25) is 10.0 Å². The van der Waals surface area contributed by atoms with Crippen molar-refractivity contribution in [2.45, 2.75) is 17.4 Å². The van der Waals surface area contributed by atoms with E-state index in [2.05, 4.69) is 5.32 Å². The number of carbonyl (C=O) groups excluding carboxylic acids is 1. The van der Waals surface area contributed by atoms with Crippen molar-refractivity contribution in [2.24, 2.45) is 0 Å². The Hall–Kier alpha value is -3.10. The highest BCUT2D eigenvalue weighted by Gasteiger charge is 2.25. The predicted octanol–water partition coefficient (Wildman–Crippen LogP) is 4.82. The number of hydrogen-bond acceptors (Lipinski definition) is 6. The number of carbonyl (C=O) groups is 2. The number of sulfone groups is 1. The van der Waals surface area contributed by atoms with Gasteiger partial charge in [-0.1, -0.05) is 41.4 Å². The van der Waals surface area contributed by atoms with Gasteiger partial charge in [0.2, 0.25) is 0 Å². The van der Waals surface area contributed by atoms with Gasteiger partial charge in [0.25, 0.3) is 5.91 Å². The molecule has 0 saturated heterocycles. The number of phenols is 1.